The molecule has 4 heteroatoms. The fraction of sp³-hybridized carbons (Fsp3) is 0.562. The topological polar surface area (TPSA) is 58.6 Å². The van der Waals surface area contributed by atoms with Crippen LogP contribution in [0.15, 0.2) is 18.2 Å². The molecule has 4 nitrogen and oxygen atoms in total. The van der Waals surface area contributed by atoms with E-state index in [0.717, 1.165) is 5.92 Å². The summed E-state index contributed by atoms with van der Waals surface area (Å²) < 4.78 is 5.08. The van der Waals surface area contributed by atoms with Crippen molar-refractivity contribution < 1.29 is 14.6 Å². The first-order valence-corrected chi connectivity index (χ1v) is 7.25. The molecule has 1 aromatic carbocycles. The van der Waals surface area contributed by atoms with E-state index in [0.29, 0.717) is 18.2 Å². The van der Waals surface area contributed by atoms with Crippen molar-refractivity contribution in [3.8, 4) is 11.5 Å². The van der Waals surface area contributed by atoms with Crippen molar-refractivity contribution in [2.45, 2.75) is 32.6 Å². The number of phenols is 1. The number of hydrogen-bond donors (Lipinski definition) is 2. The standard InChI is InChI=1S/C16H23NO3/c1-11-3-5-12(6-4-11)10-17-16(19)14-9-13(20-2)7-8-15(14)18/h7-9,11-12,18H,3-6,10H2,1-2H3,(H,17,19). The Morgan fingerprint density at radius 3 is 2.70 bits per heavy atom. The van der Waals surface area contributed by atoms with Crippen LogP contribution in [0.2, 0.25) is 0 Å². The van der Waals surface area contributed by atoms with Crippen LogP contribution >= 0.6 is 0 Å². The lowest BCUT2D eigenvalue weighted by atomic mass is 9.83. The van der Waals surface area contributed by atoms with Crippen molar-refractivity contribution in [3.63, 3.8) is 0 Å². The maximum absolute atomic E-state index is 12.1. The summed E-state index contributed by atoms with van der Waals surface area (Å²) in [4.78, 5) is 12.1. The highest BCUT2D eigenvalue weighted by Crippen LogP contribution is 2.28. The molecule has 1 aliphatic rings. The van der Waals surface area contributed by atoms with Gasteiger partial charge in [-0.2, -0.15) is 0 Å². The molecule has 1 saturated carbocycles. The average molecular weight is 277 g/mol. The van der Waals surface area contributed by atoms with Crippen LogP contribution in [0.25, 0.3) is 0 Å². The minimum Gasteiger partial charge on any atom is -0.507 e. The lowest BCUT2D eigenvalue weighted by Gasteiger charge is -2.26. The third-order valence-corrected chi connectivity index (χ3v) is 4.14. The van der Waals surface area contributed by atoms with Gasteiger partial charge in [-0.3, -0.25) is 4.79 Å². The molecular weight excluding hydrogens is 254 g/mol. The van der Waals surface area contributed by atoms with E-state index in [1.54, 1.807) is 12.1 Å². The van der Waals surface area contributed by atoms with Crippen molar-refractivity contribution >= 4 is 5.91 Å². The normalized spacial score (nSPS) is 22.3. The van der Waals surface area contributed by atoms with Crippen LogP contribution in [0.1, 0.15) is 43.0 Å². The Labute approximate surface area is 120 Å². The maximum atomic E-state index is 12.1. The Bertz CT molecular complexity index is 465. The van der Waals surface area contributed by atoms with Crippen LogP contribution in [0.3, 0.4) is 0 Å². The van der Waals surface area contributed by atoms with Crippen molar-refractivity contribution in [3.05, 3.63) is 23.8 Å². The van der Waals surface area contributed by atoms with E-state index in [1.165, 1.54) is 38.9 Å². The van der Waals surface area contributed by atoms with Gasteiger partial charge in [-0.05, 0) is 42.9 Å². The van der Waals surface area contributed by atoms with E-state index in [2.05, 4.69) is 12.2 Å². The number of nitrogens with one attached hydrogen (secondary N) is 1. The van der Waals surface area contributed by atoms with Gasteiger partial charge in [0, 0.05) is 6.54 Å². The summed E-state index contributed by atoms with van der Waals surface area (Å²) in [6, 6.07) is 4.68. The zero-order chi connectivity index (χ0) is 14.5. The minimum atomic E-state index is -0.236. The van der Waals surface area contributed by atoms with Gasteiger partial charge >= 0.3 is 0 Å². The third-order valence-electron chi connectivity index (χ3n) is 4.14. The number of phenolic OH excluding ortho intramolecular Hbond substituents is 1. The summed E-state index contributed by atoms with van der Waals surface area (Å²) >= 11 is 0. The summed E-state index contributed by atoms with van der Waals surface area (Å²) in [5, 5.41) is 12.7. The third kappa shape index (κ3) is 3.65. The molecule has 2 N–H and O–H groups in total. The largest absolute Gasteiger partial charge is 0.507 e. The Kier molecular flexibility index (Phi) is 4.88. The number of hydrogen-bond acceptors (Lipinski definition) is 3. The number of rotatable bonds is 4. The SMILES string of the molecule is COc1ccc(O)c(C(=O)NCC2CCC(C)CC2)c1. The molecule has 0 heterocycles. The van der Waals surface area contributed by atoms with Gasteiger partial charge in [0.1, 0.15) is 11.5 Å². The van der Waals surface area contributed by atoms with Crippen molar-refractivity contribution in [1.82, 2.24) is 5.32 Å². The second-order valence-corrected chi connectivity index (χ2v) is 5.72. The lowest BCUT2D eigenvalue weighted by molar-refractivity contribution is 0.0939. The Morgan fingerprint density at radius 1 is 1.35 bits per heavy atom. The maximum Gasteiger partial charge on any atom is 0.255 e. The van der Waals surface area contributed by atoms with E-state index in [1.807, 2.05) is 0 Å². The zero-order valence-corrected chi connectivity index (χ0v) is 12.2. The average Bonchev–Trinajstić information content (AvgIpc) is 2.47. The Hall–Kier alpha value is -1.71. The van der Waals surface area contributed by atoms with Gasteiger partial charge in [0.05, 0.1) is 12.7 Å². The first kappa shape index (κ1) is 14.7. The molecule has 1 aliphatic carbocycles. The summed E-state index contributed by atoms with van der Waals surface area (Å²) in [5.41, 5.74) is 0.272. The summed E-state index contributed by atoms with van der Waals surface area (Å²) in [5.74, 6) is 1.69. The molecule has 0 spiro atoms. The van der Waals surface area contributed by atoms with Gasteiger partial charge in [0.2, 0.25) is 0 Å². The zero-order valence-electron chi connectivity index (χ0n) is 12.2. The van der Waals surface area contributed by atoms with E-state index >= 15 is 0 Å². The number of carbonyl (C=O) groups excluding carboxylic acids is 1. The molecule has 110 valence electrons. The van der Waals surface area contributed by atoms with E-state index in [4.69, 9.17) is 4.74 Å². The summed E-state index contributed by atoms with van der Waals surface area (Å²) in [6.07, 6.45) is 4.83. The van der Waals surface area contributed by atoms with Crippen LogP contribution in [-0.4, -0.2) is 24.7 Å². The van der Waals surface area contributed by atoms with Crippen LogP contribution in [0.5, 0.6) is 11.5 Å². The molecule has 0 atom stereocenters. The fourth-order valence-electron chi connectivity index (χ4n) is 2.69. The molecule has 0 radical (unpaired) electrons. The first-order chi connectivity index (χ1) is 9.60. The quantitative estimate of drug-likeness (QED) is 0.889. The number of carbonyl (C=O) groups is 1. The molecule has 0 saturated heterocycles. The number of ether oxygens (including phenoxy) is 1. The van der Waals surface area contributed by atoms with Gasteiger partial charge in [-0.1, -0.05) is 19.8 Å². The number of methoxy groups -OCH3 is 1. The summed E-state index contributed by atoms with van der Waals surface area (Å²) in [6.45, 7) is 2.96. The molecule has 0 aliphatic heterocycles. The predicted molar refractivity (Wildman–Crippen MR) is 78.1 cm³/mol. The predicted octanol–water partition coefficient (Wildman–Crippen LogP) is 2.96. The number of benzene rings is 1. The van der Waals surface area contributed by atoms with Gasteiger partial charge < -0.3 is 15.2 Å². The van der Waals surface area contributed by atoms with Gasteiger partial charge in [-0.15, -0.1) is 0 Å². The highest BCUT2D eigenvalue weighted by molar-refractivity contribution is 5.97. The van der Waals surface area contributed by atoms with Gasteiger partial charge in [0.25, 0.3) is 5.91 Å². The van der Waals surface area contributed by atoms with Gasteiger partial charge in [0.15, 0.2) is 0 Å². The monoisotopic (exact) mass is 277 g/mol. The second kappa shape index (κ2) is 6.64. The van der Waals surface area contributed by atoms with E-state index in [9.17, 15) is 9.90 Å². The van der Waals surface area contributed by atoms with Crippen LogP contribution in [-0.2, 0) is 0 Å². The Balaban J connectivity index is 1.91. The van der Waals surface area contributed by atoms with Crippen molar-refractivity contribution in [2.75, 3.05) is 13.7 Å². The Morgan fingerprint density at radius 2 is 2.05 bits per heavy atom. The smallest absolute Gasteiger partial charge is 0.255 e. The van der Waals surface area contributed by atoms with Crippen LogP contribution in [0.4, 0.5) is 0 Å². The fourth-order valence-corrected chi connectivity index (χ4v) is 2.69. The highest BCUT2D eigenvalue weighted by atomic mass is 16.5. The van der Waals surface area contributed by atoms with Crippen molar-refractivity contribution in [1.29, 1.82) is 0 Å². The first-order valence-electron chi connectivity index (χ1n) is 7.25. The van der Waals surface area contributed by atoms with E-state index in [-0.39, 0.29) is 17.2 Å². The molecule has 0 unspecified atom stereocenters. The van der Waals surface area contributed by atoms with Crippen LogP contribution < -0.4 is 10.1 Å². The molecule has 1 amide bonds. The summed E-state index contributed by atoms with van der Waals surface area (Å²) in [7, 11) is 1.54. The highest BCUT2D eigenvalue weighted by Gasteiger charge is 2.19. The second-order valence-electron chi connectivity index (χ2n) is 5.72. The van der Waals surface area contributed by atoms with Gasteiger partial charge in [-0.25, -0.2) is 0 Å². The molecule has 0 bridgehead atoms. The minimum absolute atomic E-state index is 0.0134. The van der Waals surface area contributed by atoms with Crippen molar-refractivity contribution in [2.24, 2.45) is 11.8 Å². The molecule has 1 fully saturated rings. The molecule has 1 aromatic rings. The van der Waals surface area contributed by atoms with Crippen LogP contribution in [0, 0.1) is 11.8 Å². The molecule has 2 rings (SSSR count). The molecule has 20 heavy (non-hydrogen) atoms. The number of aromatic hydroxyl groups is 1. The van der Waals surface area contributed by atoms with E-state index < -0.39 is 0 Å². The lowest BCUT2D eigenvalue weighted by Crippen LogP contribution is -2.31. The number of amides is 1. The molecular formula is C16H23NO3. The molecule has 0 aromatic heterocycles.